The van der Waals surface area contributed by atoms with E-state index < -0.39 is 12.0 Å². The van der Waals surface area contributed by atoms with Gasteiger partial charge in [-0.05, 0) is 25.7 Å². The summed E-state index contributed by atoms with van der Waals surface area (Å²) in [6.07, 6.45) is 1.79. The number of hydrogen-bond acceptors (Lipinski definition) is 5. The van der Waals surface area contributed by atoms with E-state index in [4.69, 9.17) is 0 Å². The number of amides is 1. The predicted molar refractivity (Wildman–Crippen MR) is 89.6 cm³/mol. The molecule has 0 bridgehead atoms. The Labute approximate surface area is 147 Å². The Balaban J connectivity index is 1.88. The Morgan fingerprint density at radius 2 is 1.92 bits per heavy atom. The van der Waals surface area contributed by atoms with Crippen molar-refractivity contribution in [3.63, 3.8) is 0 Å². The minimum absolute atomic E-state index is 0.0597. The van der Waals surface area contributed by atoms with Crippen LogP contribution in [-0.4, -0.2) is 38.6 Å². The molecule has 26 heavy (non-hydrogen) atoms. The highest BCUT2D eigenvalue weighted by Gasteiger charge is 2.38. The zero-order chi connectivity index (χ0) is 18.7. The first-order valence-corrected chi connectivity index (χ1v) is 8.39. The molecule has 2 aromatic rings. The topological polar surface area (TPSA) is 84.2 Å². The van der Waals surface area contributed by atoms with Crippen LogP contribution in [0, 0.1) is 0 Å². The van der Waals surface area contributed by atoms with Gasteiger partial charge in [0.15, 0.2) is 5.82 Å². The molecule has 2 aromatic heterocycles. The molecule has 10 heteroatoms. The summed E-state index contributed by atoms with van der Waals surface area (Å²) >= 11 is 0. The van der Waals surface area contributed by atoms with Crippen LogP contribution in [0.4, 0.5) is 19.0 Å². The first-order valence-electron chi connectivity index (χ1n) is 8.39. The number of carbonyl (C=O) groups excluding carboxylic acids is 1. The third kappa shape index (κ3) is 3.78. The molecule has 0 radical (unpaired) electrons. The van der Waals surface area contributed by atoms with Gasteiger partial charge >= 0.3 is 6.18 Å². The number of aromatic nitrogens is 4. The smallest absolute Gasteiger partial charge is 0.367 e. The average molecular weight is 368 g/mol. The van der Waals surface area contributed by atoms with Gasteiger partial charge in [0.25, 0.3) is 0 Å². The molecule has 140 valence electrons. The highest BCUT2D eigenvalue weighted by Crippen LogP contribution is 2.27. The number of anilines is 1. The second-order valence-electron chi connectivity index (χ2n) is 6.01. The quantitative estimate of drug-likeness (QED) is 0.738. The number of halogens is 3. The standard InChI is InChI=1S/C16H19F3N6O/c1-10(26)20-8-4-5-9-21-13-14-23-24-15(16(17,18)19)25(14)12-7-3-2-6-11(12)22-13/h6-7H,2-5,8-9H2,1H3,(H,20,26)(H,21,22). The van der Waals surface area contributed by atoms with Gasteiger partial charge in [-0.15, -0.1) is 10.2 Å². The van der Waals surface area contributed by atoms with Crippen molar-refractivity contribution < 1.29 is 18.0 Å². The van der Waals surface area contributed by atoms with Crippen LogP contribution in [0.2, 0.25) is 0 Å². The summed E-state index contributed by atoms with van der Waals surface area (Å²) in [5.74, 6) is -0.866. The number of rotatable bonds is 6. The average Bonchev–Trinajstić information content (AvgIpc) is 3.03. The van der Waals surface area contributed by atoms with E-state index in [0.717, 1.165) is 23.7 Å². The van der Waals surface area contributed by atoms with Crippen LogP contribution >= 0.6 is 0 Å². The molecule has 0 spiro atoms. The van der Waals surface area contributed by atoms with Crippen LogP contribution in [-0.2, 0) is 11.0 Å². The van der Waals surface area contributed by atoms with Gasteiger partial charge in [0, 0.05) is 20.0 Å². The lowest BCUT2D eigenvalue weighted by atomic mass is 10.2. The Hall–Kier alpha value is -2.65. The van der Waals surface area contributed by atoms with Crippen molar-refractivity contribution in [1.82, 2.24) is 24.9 Å². The molecule has 3 rings (SSSR count). The van der Waals surface area contributed by atoms with Gasteiger partial charge in [0.05, 0.1) is 10.7 Å². The Kier molecular flexibility index (Phi) is 5.10. The maximum absolute atomic E-state index is 13.3. The molecular weight excluding hydrogens is 349 g/mol. The molecule has 2 heterocycles. The number of carbonyl (C=O) groups is 1. The second kappa shape index (κ2) is 7.30. The van der Waals surface area contributed by atoms with Gasteiger partial charge in [-0.3, -0.25) is 9.20 Å². The molecule has 0 aliphatic heterocycles. The maximum atomic E-state index is 13.3. The third-order valence-electron chi connectivity index (χ3n) is 3.98. The molecule has 2 N–H and O–H groups in total. The van der Waals surface area contributed by atoms with Crippen LogP contribution in [0.3, 0.4) is 0 Å². The summed E-state index contributed by atoms with van der Waals surface area (Å²) in [6, 6.07) is 0. The molecule has 0 atom stereocenters. The van der Waals surface area contributed by atoms with Crippen molar-refractivity contribution in [3.8, 4) is 0 Å². The number of fused-ring (bicyclic) bond motifs is 3. The Morgan fingerprint density at radius 3 is 2.65 bits per heavy atom. The Bertz CT molecular complexity index is 934. The number of alkyl halides is 3. The molecule has 0 fully saturated rings. The summed E-state index contributed by atoms with van der Waals surface area (Å²) < 4.78 is 40.9. The monoisotopic (exact) mass is 368 g/mol. The summed E-state index contributed by atoms with van der Waals surface area (Å²) in [7, 11) is 0. The lowest BCUT2D eigenvalue weighted by Crippen LogP contribution is -2.38. The molecule has 0 saturated carbocycles. The number of unbranched alkanes of at least 4 members (excludes halogenated alkanes) is 1. The lowest BCUT2D eigenvalue weighted by molar-refractivity contribution is -0.145. The van der Waals surface area contributed by atoms with Gasteiger partial charge in [0.2, 0.25) is 17.4 Å². The number of nitrogens with one attached hydrogen (secondary N) is 2. The van der Waals surface area contributed by atoms with Crippen LogP contribution < -0.4 is 21.3 Å². The van der Waals surface area contributed by atoms with Gasteiger partial charge in [0.1, 0.15) is 0 Å². The van der Waals surface area contributed by atoms with Crippen LogP contribution in [0.5, 0.6) is 0 Å². The molecule has 1 aliphatic rings. The highest BCUT2D eigenvalue weighted by molar-refractivity contribution is 5.72. The van der Waals surface area contributed by atoms with Crippen molar-refractivity contribution in [1.29, 1.82) is 0 Å². The normalized spacial score (nSPS) is 13.7. The van der Waals surface area contributed by atoms with Crippen molar-refractivity contribution in [3.05, 3.63) is 16.5 Å². The van der Waals surface area contributed by atoms with E-state index in [1.54, 1.807) is 6.08 Å². The predicted octanol–water partition coefficient (Wildman–Crippen LogP) is 0.826. The number of nitrogens with zero attached hydrogens (tertiary/aromatic N) is 4. The summed E-state index contributed by atoms with van der Waals surface area (Å²) in [5, 5.41) is 13.7. The van der Waals surface area contributed by atoms with E-state index in [1.807, 2.05) is 6.08 Å². The van der Waals surface area contributed by atoms with E-state index in [0.29, 0.717) is 30.2 Å². The summed E-state index contributed by atoms with van der Waals surface area (Å²) in [5.41, 5.74) is 0.0597. The van der Waals surface area contributed by atoms with Crippen molar-refractivity contribution in [2.24, 2.45) is 0 Å². The van der Waals surface area contributed by atoms with E-state index in [-0.39, 0.29) is 17.4 Å². The van der Waals surface area contributed by atoms with E-state index in [9.17, 15) is 18.0 Å². The Morgan fingerprint density at radius 1 is 1.19 bits per heavy atom. The van der Waals surface area contributed by atoms with E-state index in [2.05, 4.69) is 25.8 Å². The zero-order valence-corrected chi connectivity index (χ0v) is 14.2. The van der Waals surface area contributed by atoms with Crippen molar-refractivity contribution >= 4 is 29.5 Å². The van der Waals surface area contributed by atoms with Crippen LogP contribution in [0.1, 0.15) is 38.4 Å². The van der Waals surface area contributed by atoms with E-state index in [1.165, 1.54) is 6.92 Å². The second-order valence-corrected chi connectivity index (χ2v) is 6.01. The van der Waals surface area contributed by atoms with E-state index >= 15 is 0 Å². The van der Waals surface area contributed by atoms with Crippen molar-refractivity contribution in [2.75, 3.05) is 18.4 Å². The highest BCUT2D eigenvalue weighted by atomic mass is 19.4. The molecule has 7 nitrogen and oxygen atoms in total. The fourth-order valence-corrected chi connectivity index (χ4v) is 2.82. The third-order valence-corrected chi connectivity index (χ3v) is 3.98. The van der Waals surface area contributed by atoms with Gasteiger partial charge < -0.3 is 10.6 Å². The van der Waals surface area contributed by atoms with Gasteiger partial charge in [-0.2, -0.15) is 13.2 Å². The minimum atomic E-state index is -4.60. The molecule has 0 saturated heterocycles. The molecule has 1 amide bonds. The lowest BCUT2D eigenvalue weighted by Gasteiger charge is -2.11. The molecular formula is C16H19F3N6O. The first-order chi connectivity index (χ1) is 12.4. The fraction of sp³-hybridized carbons (Fsp3) is 0.500. The first kappa shape index (κ1) is 18.2. The summed E-state index contributed by atoms with van der Waals surface area (Å²) in [6.45, 7) is 2.50. The molecule has 1 aliphatic carbocycles. The SMILES string of the molecule is CC(=O)NCCCCNc1nc2c(n3c(C(F)(F)F)nnc13)=CCCC=2. The van der Waals surface area contributed by atoms with Crippen LogP contribution in [0.25, 0.3) is 17.8 Å². The fourth-order valence-electron chi connectivity index (χ4n) is 2.82. The van der Waals surface area contributed by atoms with Gasteiger partial charge in [-0.25, -0.2) is 4.98 Å². The summed E-state index contributed by atoms with van der Waals surface area (Å²) in [4.78, 5) is 15.2. The zero-order valence-electron chi connectivity index (χ0n) is 14.2. The van der Waals surface area contributed by atoms with Gasteiger partial charge in [-0.1, -0.05) is 12.2 Å². The largest absolute Gasteiger partial charge is 0.452 e. The molecule has 0 unspecified atom stereocenters. The van der Waals surface area contributed by atoms with Crippen molar-refractivity contribution in [2.45, 2.75) is 38.8 Å². The minimum Gasteiger partial charge on any atom is -0.367 e. The van der Waals surface area contributed by atoms with Crippen LogP contribution in [0.15, 0.2) is 0 Å². The molecule has 0 aromatic carbocycles. The number of hydrogen-bond donors (Lipinski definition) is 2. The maximum Gasteiger partial charge on any atom is 0.452 e.